The van der Waals surface area contributed by atoms with Gasteiger partial charge in [-0.25, -0.2) is 0 Å². The molecule has 0 fully saturated rings. The Labute approximate surface area is 179 Å². The lowest BCUT2D eigenvalue weighted by Crippen LogP contribution is -1.98. The molecule has 4 rings (SSSR count). The summed E-state index contributed by atoms with van der Waals surface area (Å²) < 4.78 is 11.6. The summed E-state index contributed by atoms with van der Waals surface area (Å²) in [5.74, 6) is 1.21. The molecule has 1 aliphatic heterocycles. The summed E-state index contributed by atoms with van der Waals surface area (Å²) in [4.78, 5) is 12.6. The SMILES string of the molecule is CCc1ccc(/C=C2\Oc3cc(OCc4c(Cl)cccc4Cl)ccc3C2=O)cc1. The molecule has 0 saturated heterocycles. The maximum Gasteiger partial charge on any atom is 0.231 e. The molecule has 0 amide bonds. The Morgan fingerprint density at radius 1 is 1.00 bits per heavy atom. The first-order valence-corrected chi connectivity index (χ1v) is 10.0. The van der Waals surface area contributed by atoms with Gasteiger partial charge < -0.3 is 9.47 Å². The standard InChI is InChI=1S/C24H18Cl2O3/c1-2-15-6-8-16(9-7-15)12-23-24(27)18-11-10-17(13-22(18)29-23)28-14-19-20(25)4-3-5-21(19)26/h3-13H,2,14H2,1H3/b23-12-. The van der Waals surface area contributed by atoms with Crippen LogP contribution < -0.4 is 9.47 Å². The second kappa shape index (κ2) is 8.32. The molecule has 0 unspecified atom stereocenters. The van der Waals surface area contributed by atoms with E-state index in [1.165, 1.54) is 5.56 Å². The number of benzene rings is 3. The minimum absolute atomic E-state index is 0.139. The smallest absolute Gasteiger partial charge is 0.231 e. The fourth-order valence-corrected chi connectivity index (χ4v) is 3.59. The molecule has 3 nitrogen and oxygen atoms in total. The number of aryl methyl sites for hydroxylation is 1. The number of halogens is 2. The zero-order valence-corrected chi connectivity index (χ0v) is 17.3. The Balaban J connectivity index is 1.51. The average molecular weight is 425 g/mol. The first-order chi connectivity index (χ1) is 14.0. The van der Waals surface area contributed by atoms with E-state index in [9.17, 15) is 4.79 Å². The molecule has 0 spiro atoms. The van der Waals surface area contributed by atoms with E-state index in [1.807, 2.05) is 24.3 Å². The summed E-state index contributed by atoms with van der Waals surface area (Å²) in [7, 11) is 0. The Morgan fingerprint density at radius 3 is 2.41 bits per heavy atom. The lowest BCUT2D eigenvalue weighted by molar-refractivity contribution is 0.101. The van der Waals surface area contributed by atoms with E-state index in [0.717, 1.165) is 12.0 Å². The van der Waals surface area contributed by atoms with Gasteiger partial charge in [0.1, 0.15) is 18.1 Å². The van der Waals surface area contributed by atoms with Crippen molar-refractivity contribution in [3.8, 4) is 11.5 Å². The Bertz CT molecular complexity index is 1080. The van der Waals surface area contributed by atoms with Gasteiger partial charge in [-0.05, 0) is 47.9 Å². The van der Waals surface area contributed by atoms with Crippen LogP contribution in [0.2, 0.25) is 10.0 Å². The van der Waals surface area contributed by atoms with Gasteiger partial charge in [0.05, 0.1) is 5.56 Å². The monoisotopic (exact) mass is 424 g/mol. The van der Waals surface area contributed by atoms with Crippen molar-refractivity contribution in [3.63, 3.8) is 0 Å². The Kier molecular flexibility index (Phi) is 5.61. The molecule has 29 heavy (non-hydrogen) atoms. The number of hydrogen-bond donors (Lipinski definition) is 0. The van der Waals surface area contributed by atoms with E-state index in [4.69, 9.17) is 32.7 Å². The fourth-order valence-electron chi connectivity index (χ4n) is 3.08. The molecule has 0 aliphatic carbocycles. The molecule has 1 aliphatic rings. The predicted molar refractivity (Wildman–Crippen MR) is 116 cm³/mol. The molecule has 0 aromatic heterocycles. The van der Waals surface area contributed by atoms with Crippen molar-refractivity contribution in [1.82, 2.24) is 0 Å². The molecule has 0 saturated carbocycles. The number of Topliss-reactive ketones (excluding diaryl/α,β-unsaturated/α-hetero) is 1. The van der Waals surface area contributed by atoms with E-state index < -0.39 is 0 Å². The van der Waals surface area contributed by atoms with Gasteiger partial charge in [0.25, 0.3) is 0 Å². The Morgan fingerprint density at radius 2 is 1.72 bits per heavy atom. The van der Waals surface area contributed by atoms with Crippen molar-refractivity contribution in [1.29, 1.82) is 0 Å². The van der Waals surface area contributed by atoms with Crippen LogP contribution in [-0.4, -0.2) is 5.78 Å². The number of carbonyl (C=O) groups excluding carboxylic acids is 1. The van der Waals surface area contributed by atoms with Crippen LogP contribution >= 0.6 is 23.2 Å². The molecule has 0 radical (unpaired) electrons. The van der Waals surface area contributed by atoms with Gasteiger partial charge in [0, 0.05) is 21.7 Å². The van der Waals surface area contributed by atoms with Gasteiger partial charge in [0.2, 0.25) is 5.78 Å². The van der Waals surface area contributed by atoms with Crippen LogP contribution in [0, 0.1) is 0 Å². The number of hydrogen-bond acceptors (Lipinski definition) is 3. The number of ketones is 1. The predicted octanol–water partition coefficient (Wildman–Crippen LogP) is 6.75. The molecule has 146 valence electrons. The van der Waals surface area contributed by atoms with Crippen LogP contribution in [0.15, 0.2) is 66.4 Å². The van der Waals surface area contributed by atoms with Crippen LogP contribution in [0.4, 0.5) is 0 Å². The minimum atomic E-state index is -0.139. The van der Waals surface area contributed by atoms with E-state index in [1.54, 1.807) is 42.5 Å². The van der Waals surface area contributed by atoms with Gasteiger partial charge in [-0.1, -0.05) is 60.5 Å². The highest BCUT2D eigenvalue weighted by atomic mass is 35.5. The van der Waals surface area contributed by atoms with Crippen LogP contribution in [-0.2, 0) is 13.0 Å². The van der Waals surface area contributed by atoms with Crippen molar-refractivity contribution < 1.29 is 14.3 Å². The van der Waals surface area contributed by atoms with Crippen molar-refractivity contribution in [2.45, 2.75) is 20.0 Å². The quantitative estimate of drug-likeness (QED) is 0.424. The van der Waals surface area contributed by atoms with E-state index in [2.05, 4.69) is 6.92 Å². The zero-order chi connectivity index (χ0) is 20.4. The number of allylic oxidation sites excluding steroid dienone is 1. The molecule has 3 aromatic carbocycles. The maximum atomic E-state index is 12.6. The molecular formula is C24H18Cl2O3. The summed E-state index contributed by atoms with van der Waals surface area (Å²) in [6.07, 6.45) is 2.73. The third kappa shape index (κ3) is 4.16. The maximum absolute atomic E-state index is 12.6. The van der Waals surface area contributed by atoms with Gasteiger partial charge in [-0.2, -0.15) is 0 Å². The number of fused-ring (bicyclic) bond motifs is 1. The lowest BCUT2D eigenvalue weighted by atomic mass is 10.1. The topological polar surface area (TPSA) is 35.5 Å². The highest BCUT2D eigenvalue weighted by molar-refractivity contribution is 6.35. The Hall–Kier alpha value is -2.75. The summed E-state index contributed by atoms with van der Waals surface area (Å²) in [6.45, 7) is 2.32. The summed E-state index contributed by atoms with van der Waals surface area (Å²) >= 11 is 12.4. The van der Waals surface area contributed by atoms with Gasteiger partial charge in [0.15, 0.2) is 5.76 Å². The highest BCUT2D eigenvalue weighted by Gasteiger charge is 2.27. The van der Waals surface area contributed by atoms with Crippen LogP contribution in [0.3, 0.4) is 0 Å². The van der Waals surface area contributed by atoms with E-state index in [-0.39, 0.29) is 12.4 Å². The van der Waals surface area contributed by atoms with Gasteiger partial charge in [-0.15, -0.1) is 0 Å². The molecule has 1 heterocycles. The van der Waals surface area contributed by atoms with Crippen molar-refractivity contribution in [2.75, 3.05) is 0 Å². The number of carbonyl (C=O) groups is 1. The normalized spacial score (nSPS) is 14.0. The largest absolute Gasteiger partial charge is 0.489 e. The van der Waals surface area contributed by atoms with Crippen LogP contribution in [0.5, 0.6) is 11.5 Å². The molecule has 0 N–H and O–H groups in total. The van der Waals surface area contributed by atoms with Crippen LogP contribution in [0.25, 0.3) is 6.08 Å². The number of ether oxygens (including phenoxy) is 2. The second-order valence-corrected chi connectivity index (χ2v) is 7.50. The van der Waals surface area contributed by atoms with Crippen molar-refractivity contribution in [3.05, 3.63) is 98.7 Å². The van der Waals surface area contributed by atoms with Crippen molar-refractivity contribution in [2.24, 2.45) is 0 Å². The molecule has 3 aromatic rings. The lowest BCUT2D eigenvalue weighted by Gasteiger charge is -2.10. The summed E-state index contributed by atoms with van der Waals surface area (Å²) in [5.41, 5.74) is 3.40. The molecule has 0 atom stereocenters. The average Bonchev–Trinajstić information content (AvgIpc) is 3.03. The molecule has 5 heteroatoms. The summed E-state index contributed by atoms with van der Waals surface area (Å²) in [5, 5.41) is 1.09. The molecule has 0 bridgehead atoms. The van der Waals surface area contributed by atoms with Crippen LogP contribution in [0.1, 0.15) is 34.0 Å². The third-order valence-corrected chi connectivity index (χ3v) is 5.48. The number of rotatable bonds is 5. The van der Waals surface area contributed by atoms with Gasteiger partial charge >= 0.3 is 0 Å². The van der Waals surface area contributed by atoms with E-state index >= 15 is 0 Å². The zero-order valence-electron chi connectivity index (χ0n) is 15.7. The third-order valence-electron chi connectivity index (χ3n) is 4.77. The molecular weight excluding hydrogens is 407 g/mol. The fraction of sp³-hybridized carbons (Fsp3) is 0.125. The van der Waals surface area contributed by atoms with Crippen molar-refractivity contribution >= 4 is 35.1 Å². The summed E-state index contributed by atoms with van der Waals surface area (Å²) in [6, 6.07) is 18.5. The minimum Gasteiger partial charge on any atom is -0.489 e. The highest BCUT2D eigenvalue weighted by Crippen LogP contribution is 2.35. The second-order valence-electron chi connectivity index (χ2n) is 6.68. The van der Waals surface area contributed by atoms with E-state index in [0.29, 0.717) is 38.4 Å². The van der Waals surface area contributed by atoms with Gasteiger partial charge in [-0.3, -0.25) is 4.79 Å². The first kappa shape index (κ1) is 19.6. The first-order valence-electron chi connectivity index (χ1n) is 9.28.